The van der Waals surface area contributed by atoms with Crippen LogP contribution in [0.1, 0.15) is 41.3 Å². The number of ether oxygens (including phenoxy) is 2. The van der Waals surface area contributed by atoms with Crippen molar-refractivity contribution in [2.24, 2.45) is 5.10 Å². The molecule has 1 amide bonds. The van der Waals surface area contributed by atoms with Gasteiger partial charge in [-0.3, -0.25) is 4.79 Å². The highest BCUT2D eigenvalue weighted by Crippen LogP contribution is 2.18. The Morgan fingerprint density at radius 2 is 1.72 bits per heavy atom. The smallest absolute Gasteiger partial charge is 0.343 e. The van der Waals surface area contributed by atoms with E-state index in [4.69, 9.17) is 21.1 Å². The first-order valence-electron chi connectivity index (χ1n) is 10.0. The van der Waals surface area contributed by atoms with Gasteiger partial charge in [0, 0.05) is 5.02 Å². The summed E-state index contributed by atoms with van der Waals surface area (Å²) >= 11 is 5.83. The lowest BCUT2D eigenvalue weighted by atomic mass is 10.0. The van der Waals surface area contributed by atoms with E-state index in [9.17, 15) is 9.59 Å². The summed E-state index contributed by atoms with van der Waals surface area (Å²) in [4.78, 5) is 24.2. The maximum absolute atomic E-state index is 12.2. The fourth-order valence-electron chi connectivity index (χ4n) is 2.72. The molecular formula is C25H23ClN2O4. The Hall–Kier alpha value is -3.64. The number of esters is 1. The van der Waals surface area contributed by atoms with Gasteiger partial charge in [-0.1, -0.05) is 49.7 Å². The third-order valence-corrected chi connectivity index (χ3v) is 4.72. The van der Waals surface area contributed by atoms with Crippen LogP contribution in [0.15, 0.2) is 77.9 Å². The summed E-state index contributed by atoms with van der Waals surface area (Å²) in [6.07, 6.45) is 1.45. The van der Waals surface area contributed by atoms with Gasteiger partial charge >= 0.3 is 5.97 Å². The average molecular weight is 451 g/mol. The molecular weight excluding hydrogens is 428 g/mol. The van der Waals surface area contributed by atoms with Crippen molar-refractivity contribution in [2.75, 3.05) is 6.61 Å². The maximum Gasteiger partial charge on any atom is 0.343 e. The van der Waals surface area contributed by atoms with Gasteiger partial charge in [0.25, 0.3) is 5.91 Å². The molecule has 1 N–H and O–H groups in total. The SMILES string of the molecule is CC(C)c1ccc(OCC(=O)NN=Cc2cccc(OC(=O)c3ccc(Cl)cc3)c2)cc1. The summed E-state index contributed by atoms with van der Waals surface area (Å²) in [6, 6.07) is 20.8. The molecule has 3 aromatic carbocycles. The molecule has 32 heavy (non-hydrogen) atoms. The standard InChI is InChI=1S/C25H23ClN2O4/c1-17(2)19-8-12-22(13-9-19)31-16-24(29)28-27-15-18-4-3-5-23(14-18)32-25(30)20-6-10-21(26)11-7-20/h3-15,17H,16H2,1-2H3,(H,28,29). The van der Waals surface area contributed by atoms with E-state index >= 15 is 0 Å². The van der Waals surface area contributed by atoms with Crippen molar-refractivity contribution in [3.05, 3.63) is 94.5 Å². The van der Waals surface area contributed by atoms with Gasteiger partial charge in [0.2, 0.25) is 0 Å². The van der Waals surface area contributed by atoms with Crippen molar-refractivity contribution in [1.29, 1.82) is 0 Å². The van der Waals surface area contributed by atoms with Gasteiger partial charge in [-0.05, 0) is 65.6 Å². The molecule has 7 heteroatoms. The molecule has 0 aliphatic carbocycles. The van der Waals surface area contributed by atoms with Crippen LogP contribution < -0.4 is 14.9 Å². The first kappa shape index (κ1) is 23.0. The molecule has 0 atom stereocenters. The third-order valence-electron chi connectivity index (χ3n) is 4.47. The highest BCUT2D eigenvalue weighted by molar-refractivity contribution is 6.30. The molecule has 3 rings (SSSR count). The minimum absolute atomic E-state index is 0.156. The van der Waals surface area contributed by atoms with Crippen LogP contribution in [-0.4, -0.2) is 24.7 Å². The average Bonchev–Trinajstić information content (AvgIpc) is 2.78. The Kier molecular flexibility index (Phi) is 8.00. The Morgan fingerprint density at radius 3 is 2.41 bits per heavy atom. The molecule has 0 aliphatic heterocycles. The highest BCUT2D eigenvalue weighted by Gasteiger charge is 2.09. The van der Waals surface area contributed by atoms with Crippen LogP contribution in [0.3, 0.4) is 0 Å². The van der Waals surface area contributed by atoms with E-state index in [2.05, 4.69) is 24.4 Å². The van der Waals surface area contributed by atoms with E-state index < -0.39 is 5.97 Å². The third kappa shape index (κ3) is 6.96. The number of nitrogens with one attached hydrogen (secondary N) is 1. The van der Waals surface area contributed by atoms with Crippen LogP contribution in [-0.2, 0) is 4.79 Å². The van der Waals surface area contributed by atoms with Crippen LogP contribution in [0.5, 0.6) is 11.5 Å². The minimum Gasteiger partial charge on any atom is -0.484 e. The monoisotopic (exact) mass is 450 g/mol. The van der Waals surface area contributed by atoms with Crippen molar-refractivity contribution < 1.29 is 19.1 Å². The first-order valence-corrected chi connectivity index (χ1v) is 10.4. The van der Waals surface area contributed by atoms with E-state index in [0.29, 0.717) is 33.6 Å². The van der Waals surface area contributed by atoms with E-state index in [-0.39, 0.29) is 12.5 Å². The predicted octanol–water partition coefficient (Wildman–Crippen LogP) is 5.21. The minimum atomic E-state index is -0.498. The molecule has 0 spiro atoms. The van der Waals surface area contributed by atoms with E-state index in [1.165, 1.54) is 11.8 Å². The number of hydrazone groups is 1. The van der Waals surface area contributed by atoms with E-state index in [1.807, 2.05) is 24.3 Å². The molecule has 0 unspecified atom stereocenters. The quantitative estimate of drug-likeness (QED) is 0.221. The highest BCUT2D eigenvalue weighted by atomic mass is 35.5. The molecule has 0 bridgehead atoms. The number of benzene rings is 3. The van der Waals surface area contributed by atoms with Gasteiger partial charge in [-0.25, -0.2) is 10.2 Å². The second kappa shape index (κ2) is 11.1. The topological polar surface area (TPSA) is 77.0 Å². The largest absolute Gasteiger partial charge is 0.484 e. The number of carbonyl (C=O) groups excluding carboxylic acids is 2. The number of carbonyl (C=O) groups is 2. The molecule has 0 radical (unpaired) electrons. The lowest BCUT2D eigenvalue weighted by molar-refractivity contribution is -0.123. The van der Waals surface area contributed by atoms with Crippen molar-refractivity contribution in [2.45, 2.75) is 19.8 Å². The van der Waals surface area contributed by atoms with Crippen molar-refractivity contribution in [3.63, 3.8) is 0 Å². The van der Waals surface area contributed by atoms with Gasteiger partial charge in [-0.2, -0.15) is 5.10 Å². The molecule has 6 nitrogen and oxygen atoms in total. The molecule has 0 saturated heterocycles. The Balaban J connectivity index is 1.49. The molecule has 0 fully saturated rings. The second-order valence-corrected chi connectivity index (χ2v) is 7.71. The summed E-state index contributed by atoms with van der Waals surface area (Å²) in [5.74, 6) is 0.514. The summed E-state index contributed by atoms with van der Waals surface area (Å²) in [7, 11) is 0. The van der Waals surface area contributed by atoms with Crippen LogP contribution in [0.25, 0.3) is 0 Å². The van der Waals surface area contributed by atoms with Crippen molar-refractivity contribution >= 4 is 29.7 Å². The summed E-state index contributed by atoms with van der Waals surface area (Å²) in [5.41, 5.74) is 4.65. The number of hydrogen-bond donors (Lipinski definition) is 1. The fourth-order valence-corrected chi connectivity index (χ4v) is 2.85. The number of nitrogens with zero attached hydrogens (tertiary/aromatic N) is 1. The Bertz CT molecular complexity index is 1090. The van der Waals surface area contributed by atoms with Crippen LogP contribution >= 0.6 is 11.6 Å². The first-order chi connectivity index (χ1) is 15.4. The zero-order chi connectivity index (χ0) is 22.9. The van der Waals surface area contributed by atoms with Crippen molar-refractivity contribution in [3.8, 4) is 11.5 Å². The maximum atomic E-state index is 12.2. The van der Waals surface area contributed by atoms with Crippen LogP contribution in [0.2, 0.25) is 5.02 Å². The summed E-state index contributed by atoms with van der Waals surface area (Å²) < 4.78 is 10.8. The number of hydrogen-bond acceptors (Lipinski definition) is 5. The fraction of sp³-hybridized carbons (Fsp3) is 0.160. The van der Waals surface area contributed by atoms with Gasteiger partial charge in [0.1, 0.15) is 11.5 Å². The van der Waals surface area contributed by atoms with Crippen molar-refractivity contribution in [1.82, 2.24) is 5.43 Å². The van der Waals surface area contributed by atoms with E-state index in [0.717, 1.165) is 0 Å². The molecule has 0 saturated carbocycles. The Labute approximate surface area is 191 Å². The van der Waals surface area contributed by atoms with Gasteiger partial charge in [-0.15, -0.1) is 0 Å². The van der Waals surface area contributed by atoms with Gasteiger partial charge in [0.15, 0.2) is 6.61 Å². The predicted molar refractivity (Wildman–Crippen MR) is 125 cm³/mol. The van der Waals surface area contributed by atoms with Gasteiger partial charge in [0.05, 0.1) is 11.8 Å². The normalized spacial score (nSPS) is 10.9. The number of rotatable bonds is 8. The zero-order valence-electron chi connectivity index (χ0n) is 17.7. The number of amides is 1. The van der Waals surface area contributed by atoms with Gasteiger partial charge < -0.3 is 9.47 Å². The van der Waals surface area contributed by atoms with E-state index in [1.54, 1.807) is 48.5 Å². The molecule has 0 heterocycles. The second-order valence-electron chi connectivity index (χ2n) is 7.27. The summed E-state index contributed by atoms with van der Waals surface area (Å²) in [6.45, 7) is 4.07. The summed E-state index contributed by atoms with van der Waals surface area (Å²) in [5, 5.41) is 4.46. The molecule has 0 aromatic heterocycles. The lowest BCUT2D eigenvalue weighted by Crippen LogP contribution is -2.24. The number of halogens is 1. The zero-order valence-corrected chi connectivity index (χ0v) is 18.5. The molecule has 3 aromatic rings. The molecule has 164 valence electrons. The van der Waals surface area contributed by atoms with Crippen LogP contribution in [0.4, 0.5) is 0 Å². The van der Waals surface area contributed by atoms with Crippen LogP contribution in [0, 0.1) is 0 Å². The Morgan fingerprint density at radius 1 is 1.00 bits per heavy atom. The molecule has 0 aliphatic rings. The lowest BCUT2D eigenvalue weighted by Gasteiger charge is -2.08.